The first-order chi connectivity index (χ1) is 7.74. The molecule has 82 valence electrons. The van der Waals surface area contributed by atoms with Crippen LogP contribution in [0.2, 0.25) is 0 Å². The van der Waals surface area contributed by atoms with Gasteiger partial charge in [-0.25, -0.2) is 9.37 Å². The number of aromatic nitrogens is 1. The summed E-state index contributed by atoms with van der Waals surface area (Å²) in [5, 5.41) is 3.14. The number of rotatable bonds is 3. The van der Waals surface area contributed by atoms with Gasteiger partial charge in [0.2, 0.25) is 0 Å². The van der Waals surface area contributed by atoms with E-state index < -0.39 is 0 Å². The highest BCUT2D eigenvalue weighted by atomic mass is 19.1. The van der Waals surface area contributed by atoms with Crippen LogP contribution in [0.15, 0.2) is 42.6 Å². The molecule has 0 aliphatic carbocycles. The number of nitrogens with zero attached hydrogens (tertiary/aromatic N) is 1. The van der Waals surface area contributed by atoms with Gasteiger partial charge in [-0.15, -0.1) is 0 Å². The Bertz CT molecular complexity index is 466. The zero-order valence-corrected chi connectivity index (χ0v) is 9.07. The van der Waals surface area contributed by atoms with Crippen LogP contribution in [0.3, 0.4) is 0 Å². The fourth-order valence-corrected chi connectivity index (χ4v) is 1.50. The maximum Gasteiger partial charge on any atom is 0.141 e. The number of aryl methyl sites for hydroxylation is 1. The summed E-state index contributed by atoms with van der Waals surface area (Å²) in [6, 6.07) is 11.3. The third-order valence-corrected chi connectivity index (χ3v) is 2.28. The molecule has 0 unspecified atom stereocenters. The average molecular weight is 216 g/mol. The molecule has 2 nitrogen and oxygen atoms in total. The number of halogens is 1. The number of hydrogen-bond donors (Lipinski definition) is 1. The van der Waals surface area contributed by atoms with E-state index in [0.717, 1.165) is 0 Å². The molecular weight excluding hydrogens is 203 g/mol. The Morgan fingerprint density at radius 1 is 1.25 bits per heavy atom. The fourth-order valence-electron chi connectivity index (χ4n) is 1.50. The monoisotopic (exact) mass is 216 g/mol. The first-order valence-corrected chi connectivity index (χ1v) is 5.15. The lowest BCUT2D eigenvalue weighted by molar-refractivity contribution is 0.621. The first-order valence-electron chi connectivity index (χ1n) is 5.15. The molecule has 2 rings (SSSR count). The van der Waals surface area contributed by atoms with Crippen molar-refractivity contribution < 1.29 is 4.39 Å². The number of nitrogens with one attached hydrogen (secondary N) is 1. The normalized spacial score (nSPS) is 10.1. The molecule has 1 heterocycles. The van der Waals surface area contributed by atoms with E-state index in [9.17, 15) is 4.39 Å². The molecule has 0 atom stereocenters. The second kappa shape index (κ2) is 4.75. The Morgan fingerprint density at radius 3 is 2.81 bits per heavy atom. The van der Waals surface area contributed by atoms with E-state index in [1.165, 1.54) is 23.4 Å². The Labute approximate surface area is 94.2 Å². The van der Waals surface area contributed by atoms with Crippen molar-refractivity contribution in [1.29, 1.82) is 0 Å². The molecule has 0 fully saturated rings. The summed E-state index contributed by atoms with van der Waals surface area (Å²) < 4.78 is 12.6. The van der Waals surface area contributed by atoms with Gasteiger partial charge in [-0.05, 0) is 24.6 Å². The van der Waals surface area contributed by atoms with E-state index in [1.54, 1.807) is 6.07 Å². The minimum absolute atomic E-state index is 0.318. The highest BCUT2D eigenvalue weighted by molar-refractivity contribution is 5.35. The summed E-state index contributed by atoms with van der Waals surface area (Å²) in [7, 11) is 0. The SMILES string of the molecule is Cc1cccc(CNc2ccc(F)cn2)c1. The molecule has 1 aromatic carbocycles. The predicted octanol–water partition coefficient (Wildman–Crippen LogP) is 3.14. The molecule has 0 amide bonds. The van der Waals surface area contributed by atoms with E-state index in [0.29, 0.717) is 12.4 Å². The zero-order valence-electron chi connectivity index (χ0n) is 9.07. The zero-order chi connectivity index (χ0) is 11.4. The molecule has 0 bridgehead atoms. The Kier molecular flexibility index (Phi) is 3.15. The lowest BCUT2D eigenvalue weighted by Gasteiger charge is -2.05. The quantitative estimate of drug-likeness (QED) is 0.852. The summed E-state index contributed by atoms with van der Waals surface area (Å²) in [6.45, 7) is 2.75. The van der Waals surface area contributed by atoms with Crippen LogP contribution in [-0.2, 0) is 6.54 Å². The summed E-state index contributed by atoms with van der Waals surface area (Å²) in [5.41, 5.74) is 2.41. The fraction of sp³-hybridized carbons (Fsp3) is 0.154. The molecule has 0 spiro atoms. The summed E-state index contributed by atoms with van der Waals surface area (Å²) in [4.78, 5) is 3.93. The topological polar surface area (TPSA) is 24.9 Å². The minimum Gasteiger partial charge on any atom is -0.366 e. The summed E-state index contributed by atoms with van der Waals surface area (Å²) in [5.74, 6) is 0.365. The Balaban J connectivity index is 1.99. The molecule has 0 aliphatic heterocycles. The van der Waals surface area contributed by atoms with Crippen molar-refractivity contribution in [2.45, 2.75) is 13.5 Å². The maximum absolute atomic E-state index is 12.6. The largest absolute Gasteiger partial charge is 0.366 e. The van der Waals surface area contributed by atoms with E-state index in [-0.39, 0.29) is 5.82 Å². The van der Waals surface area contributed by atoms with Gasteiger partial charge in [-0.1, -0.05) is 29.8 Å². The van der Waals surface area contributed by atoms with Crippen molar-refractivity contribution >= 4 is 5.82 Å². The van der Waals surface area contributed by atoms with Crippen molar-refractivity contribution in [2.24, 2.45) is 0 Å². The molecule has 0 saturated heterocycles. The van der Waals surface area contributed by atoms with Crippen molar-refractivity contribution in [1.82, 2.24) is 4.98 Å². The van der Waals surface area contributed by atoms with E-state index >= 15 is 0 Å². The van der Waals surface area contributed by atoms with Gasteiger partial charge < -0.3 is 5.32 Å². The number of pyridine rings is 1. The van der Waals surface area contributed by atoms with Gasteiger partial charge in [0, 0.05) is 6.54 Å². The lowest BCUT2D eigenvalue weighted by atomic mass is 10.1. The first kappa shape index (κ1) is 10.6. The van der Waals surface area contributed by atoms with Crippen molar-refractivity contribution in [3.8, 4) is 0 Å². The highest BCUT2D eigenvalue weighted by Crippen LogP contribution is 2.08. The van der Waals surface area contributed by atoms with Gasteiger partial charge in [0.25, 0.3) is 0 Å². The van der Waals surface area contributed by atoms with Crippen molar-refractivity contribution in [2.75, 3.05) is 5.32 Å². The third kappa shape index (κ3) is 2.79. The van der Waals surface area contributed by atoms with Gasteiger partial charge in [-0.2, -0.15) is 0 Å². The molecule has 0 saturated carbocycles. The van der Waals surface area contributed by atoms with E-state index in [2.05, 4.69) is 29.4 Å². The Hall–Kier alpha value is -1.90. The second-order valence-electron chi connectivity index (χ2n) is 3.70. The van der Waals surface area contributed by atoms with Crippen LogP contribution in [0.1, 0.15) is 11.1 Å². The van der Waals surface area contributed by atoms with Crippen LogP contribution in [0, 0.1) is 12.7 Å². The second-order valence-corrected chi connectivity index (χ2v) is 3.70. The smallest absolute Gasteiger partial charge is 0.141 e. The van der Waals surface area contributed by atoms with Crippen LogP contribution >= 0.6 is 0 Å². The van der Waals surface area contributed by atoms with Crippen LogP contribution in [0.5, 0.6) is 0 Å². The van der Waals surface area contributed by atoms with Crippen LogP contribution < -0.4 is 5.32 Å². The minimum atomic E-state index is -0.318. The average Bonchev–Trinajstić information content (AvgIpc) is 2.28. The van der Waals surface area contributed by atoms with Crippen LogP contribution in [-0.4, -0.2) is 4.98 Å². The maximum atomic E-state index is 12.6. The third-order valence-electron chi connectivity index (χ3n) is 2.28. The van der Waals surface area contributed by atoms with Crippen LogP contribution in [0.25, 0.3) is 0 Å². The van der Waals surface area contributed by atoms with Gasteiger partial charge in [0.05, 0.1) is 6.20 Å². The lowest BCUT2D eigenvalue weighted by Crippen LogP contribution is -2.01. The van der Waals surface area contributed by atoms with Crippen molar-refractivity contribution in [3.63, 3.8) is 0 Å². The standard InChI is InChI=1S/C13H13FN2/c1-10-3-2-4-11(7-10)8-15-13-6-5-12(14)9-16-13/h2-7,9H,8H2,1H3,(H,15,16). The molecule has 0 aliphatic rings. The van der Waals surface area contributed by atoms with Gasteiger partial charge in [0.1, 0.15) is 11.6 Å². The van der Waals surface area contributed by atoms with Gasteiger partial charge in [0.15, 0.2) is 0 Å². The van der Waals surface area contributed by atoms with Crippen LogP contribution in [0.4, 0.5) is 10.2 Å². The molecular formula is C13H13FN2. The number of hydrogen-bond acceptors (Lipinski definition) is 2. The van der Waals surface area contributed by atoms with Crippen molar-refractivity contribution in [3.05, 3.63) is 59.5 Å². The molecule has 3 heteroatoms. The molecule has 0 radical (unpaired) electrons. The summed E-state index contributed by atoms with van der Waals surface area (Å²) >= 11 is 0. The Morgan fingerprint density at radius 2 is 2.12 bits per heavy atom. The predicted molar refractivity (Wildman–Crippen MR) is 62.7 cm³/mol. The van der Waals surface area contributed by atoms with Gasteiger partial charge in [-0.3, -0.25) is 0 Å². The number of benzene rings is 1. The highest BCUT2D eigenvalue weighted by Gasteiger charge is 1.96. The number of anilines is 1. The molecule has 1 N–H and O–H groups in total. The summed E-state index contributed by atoms with van der Waals surface area (Å²) in [6.07, 6.45) is 1.21. The van der Waals surface area contributed by atoms with E-state index in [4.69, 9.17) is 0 Å². The molecule has 2 aromatic rings. The van der Waals surface area contributed by atoms with Gasteiger partial charge >= 0.3 is 0 Å². The van der Waals surface area contributed by atoms with E-state index in [1.807, 2.05) is 12.1 Å². The molecule has 16 heavy (non-hydrogen) atoms. The molecule has 1 aromatic heterocycles.